The number of para-hydroxylation sites is 1. The number of ether oxygens (including phenoxy) is 1. The van der Waals surface area contributed by atoms with Crippen LogP contribution in [0, 0.1) is 0 Å². The molecular formula is C15H17NO4S2. The smallest absolute Gasteiger partial charge is 0.340 e. The average molecular weight is 339 g/mol. The Kier molecular flexibility index (Phi) is 5.57. The first kappa shape index (κ1) is 16.5. The maximum atomic E-state index is 12.2. The van der Waals surface area contributed by atoms with E-state index >= 15 is 0 Å². The molecule has 0 radical (unpaired) electrons. The van der Waals surface area contributed by atoms with Gasteiger partial charge in [0.2, 0.25) is 0 Å². The van der Waals surface area contributed by atoms with Crippen LogP contribution in [-0.4, -0.2) is 21.0 Å². The van der Waals surface area contributed by atoms with E-state index in [4.69, 9.17) is 4.74 Å². The van der Waals surface area contributed by atoms with E-state index in [2.05, 4.69) is 4.72 Å². The molecule has 118 valence electrons. The van der Waals surface area contributed by atoms with Crippen molar-refractivity contribution in [3.8, 4) is 0 Å². The topological polar surface area (TPSA) is 72.5 Å². The van der Waals surface area contributed by atoms with E-state index in [-0.39, 0.29) is 15.5 Å². The maximum Gasteiger partial charge on any atom is 0.340 e. The van der Waals surface area contributed by atoms with Crippen LogP contribution in [0.5, 0.6) is 0 Å². The highest BCUT2D eigenvalue weighted by atomic mass is 32.2. The number of sulfonamides is 1. The minimum Gasteiger partial charge on any atom is -0.462 e. The third-order valence-corrected chi connectivity index (χ3v) is 5.65. The highest BCUT2D eigenvalue weighted by Gasteiger charge is 2.19. The monoisotopic (exact) mass is 339 g/mol. The van der Waals surface area contributed by atoms with Crippen LogP contribution in [0.2, 0.25) is 0 Å². The number of nitrogens with one attached hydrogen (secondary N) is 1. The van der Waals surface area contributed by atoms with Crippen molar-refractivity contribution in [3.63, 3.8) is 0 Å². The second-order valence-corrected chi connectivity index (χ2v) is 7.43. The molecule has 7 heteroatoms. The van der Waals surface area contributed by atoms with Crippen molar-refractivity contribution >= 4 is 33.0 Å². The quantitative estimate of drug-likeness (QED) is 0.619. The lowest BCUT2D eigenvalue weighted by Gasteiger charge is -2.11. The number of hydrogen-bond acceptors (Lipinski definition) is 5. The second-order valence-electron chi connectivity index (χ2n) is 4.57. The van der Waals surface area contributed by atoms with Gasteiger partial charge in [0.05, 0.1) is 17.9 Å². The molecule has 0 unspecified atom stereocenters. The van der Waals surface area contributed by atoms with Crippen molar-refractivity contribution in [2.75, 3.05) is 11.3 Å². The van der Waals surface area contributed by atoms with Gasteiger partial charge in [-0.25, -0.2) is 13.2 Å². The van der Waals surface area contributed by atoms with Crippen LogP contribution in [0.4, 0.5) is 5.69 Å². The Morgan fingerprint density at radius 2 is 2.00 bits per heavy atom. The zero-order chi connectivity index (χ0) is 16.0. The Bertz CT molecular complexity index is 724. The number of anilines is 1. The van der Waals surface area contributed by atoms with Crippen molar-refractivity contribution < 1.29 is 17.9 Å². The fourth-order valence-corrected chi connectivity index (χ4v) is 3.82. The van der Waals surface area contributed by atoms with Gasteiger partial charge in [-0.1, -0.05) is 31.5 Å². The first-order chi connectivity index (χ1) is 10.5. The summed E-state index contributed by atoms with van der Waals surface area (Å²) >= 11 is 1.11. The van der Waals surface area contributed by atoms with Gasteiger partial charge in [0.25, 0.3) is 10.0 Å². The Morgan fingerprint density at radius 1 is 1.23 bits per heavy atom. The van der Waals surface area contributed by atoms with Crippen LogP contribution >= 0.6 is 11.3 Å². The molecule has 1 aromatic heterocycles. The SMILES string of the molecule is CCCCOC(=O)c1ccccc1NS(=O)(=O)c1cccs1. The Hall–Kier alpha value is -1.86. The van der Waals surface area contributed by atoms with Crippen molar-refractivity contribution in [3.05, 3.63) is 47.3 Å². The molecule has 0 saturated heterocycles. The molecule has 1 aromatic carbocycles. The zero-order valence-electron chi connectivity index (χ0n) is 12.1. The number of unbranched alkanes of at least 4 members (excludes halogenated alkanes) is 1. The van der Waals surface area contributed by atoms with Crippen molar-refractivity contribution in [1.29, 1.82) is 0 Å². The van der Waals surface area contributed by atoms with E-state index in [0.29, 0.717) is 6.61 Å². The highest BCUT2D eigenvalue weighted by Crippen LogP contribution is 2.23. The van der Waals surface area contributed by atoms with Gasteiger partial charge < -0.3 is 4.74 Å². The fourth-order valence-electron chi connectivity index (χ4n) is 1.75. The summed E-state index contributed by atoms with van der Waals surface area (Å²) in [7, 11) is -3.69. The van der Waals surface area contributed by atoms with Crippen molar-refractivity contribution in [2.24, 2.45) is 0 Å². The van der Waals surface area contributed by atoms with Gasteiger partial charge in [-0.05, 0) is 30.0 Å². The molecule has 0 amide bonds. The molecule has 22 heavy (non-hydrogen) atoms. The summed E-state index contributed by atoms with van der Waals surface area (Å²) in [5.74, 6) is -0.530. The summed E-state index contributed by atoms with van der Waals surface area (Å²) in [5, 5.41) is 1.68. The summed E-state index contributed by atoms with van der Waals surface area (Å²) in [6.07, 6.45) is 1.69. The maximum absolute atomic E-state index is 12.2. The predicted molar refractivity (Wildman–Crippen MR) is 86.8 cm³/mol. The van der Waals surface area contributed by atoms with Gasteiger partial charge in [-0.2, -0.15) is 0 Å². The molecule has 1 heterocycles. The summed E-state index contributed by atoms with van der Waals surface area (Å²) in [4.78, 5) is 12.1. The molecule has 0 atom stereocenters. The van der Waals surface area contributed by atoms with Gasteiger partial charge in [-0.15, -0.1) is 11.3 Å². The number of carbonyl (C=O) groups excluding carboxylic acids is 1. The van der Waals surface area contributed by atoms with E-state index in [1.54, 1.807) is 35.7 Å². The van der Waals surface area contributed by atoms with Gasteiger partial charge in [0.1, 0.15) is 4.21 Å². The molecule has 0 spiro atoms. The first-order valence-corrected chi connectivity index (χ1v) is 9.23. The molecule has 5 nitrogen and oxygen atoms in total. The Balaban J connectivity index is 2.20. The average Bonchev–Trinajstić information content (AvgIpc) is 3.02. The minimum absolute atomic E-state index is 0.196. The molecule has 1 N–H and O–H groups in total. The van der Waals surface area contributed by atoms with Crippen LogP contribution in [-0.2, 0) is 14.8 Å². The van der Waals surface area contributed by atoms with Gasteiger partial charge >= 0.3 is 5.97 Å². The highest BCUT2D eigenvalue weighted by molar-refractivity contribution is 7.94. The van der Waals surface area contributed by atoms with Crippen LogP contribution in [0.25, 0.3) is 0 Å². The molecule has 0 fully saturated rings. The molecule has 0 aliphatic carbocycles. The van der Waals surface area contributed by atoms with Crippen LogP contribution in [0.3, 0.4) is 0 Å². The van der Waals surface area contributed by atoms with Crippen LogP contribution in [0.1, 0.15) is 30.1 Å². The van der Waals surface area contributed by atoms with Crippen LogP contribution < -0.4 is 4.72 Å². The third kappa shape index (κ3) is 4.08. The standard InChI is InChI=1S/C15H17NO4S2/c1-2-3-10-20-15(17)12-7-4-5-8-13(12)16-22(18,19)14-9-6-11-21-14/h4-9,11,16H,2-3,10H2,1H3. The third-order valence-electron chi connectivity index (χ3n) is 2.88. The van der Waals surface area contributed by atoms with E-state index in [1.807, 2.05) is 6.92 Å². The lowest BCUT2D eigenvalue weighted by molar-refractivity contribution is 0.0501. The second kappa shape index (κ2) is 7.42. The van der Waals surface area contributed by atoms with Gasteiger partial charge in [0.15, 0.2) is 0 Å². The summed E-state index contributed by atoms with van der Waals surface area (Å²) < 4.78 is 32.3. The molecule has 0 aliphatic rings. The summed E-state index contributed by atoms with van der Waals surface area (Å²) in [6, 6.07) is 9.58. The lowest BCUT2D eigenvalue weighted by atomic mass is 10.2. The number of esters is 1. The number of hydrogen-bond donors (Lipinski definition) is 1. The number of rotatable bonds is 7. The number of carbonyl (C=O) groups is 1. The largest absolute Gasteiger partial charge is 0.462 e. The van der Waals surface area contributed by atoms with E-state index in [1.165, 1.54) is 6.07 Å². The Labute approximate surface area is 134 Å². The van der Waals surface area contributed by atoms with Gasteiger partial charge in [0, 0.05) is 0 Å². The van der Waals surface area contributed by atoms with Gasteiger partial charge in [-0.3, -0.25) is 4.72 Å². The zero-order valence-corrected chi connectivity index (χ0v) is 13.7. The van der Waals surface area contributed by atoms with E-state index in [9.17, 15) is 13.2 Å². The molecule has 0 bridgehead atoms. The molecule has 2 aromatic rings. The van der Waals surface area contributed by atoms with Crippen molar-refractivity contribution in [2.45, 2.75) is 24.0 Å². The minimum atomic E-state index is -3.69. The van der Waals surface area contributed by atoms with Crippen LogP contribution in [0.15, 0.2) is 46.0 Å². The molecule has 0 aliphatic heterocycles. The first-order valence-electron chi connectivity index (χ1n) is 6.87. The van der Waals surface area contributed by atoms with E-state index < -0.39 is 16.0 Å². The Morgan fingerprint density at radius 3 is 2.68 bits per heavy atom. The molecule has 0 saturated carbocycles. The van der Waals surface area contributed by atoms with Crippen molar-refractivity contribution in [1.82, 2.24) is 0 Å². The summed E-state index contributed by atoms with van der Waals surface area (Å²) in [6.45, 7) is 2.32. The normalized spacial score (nSPS) is 11.1. The number of thiophene rings is 1. The predicted octanol–water partition coefficient (Wildman–Crippen LogP) is 3.51. The molecular weight excluding hydrogens is 322 g/mol. The summed E-state index contributed by atoms with van der Waals surface area (Å²) in [5.41, 5.74) is 0.427. The number of benzene rings is 1. The molecule has 2 rings (SSSR count). The lowest BCUT2D eigenvalue weighted by Crippen LogP contribution is -2.15. The fraction of sp³-hybridized carbons (Fsp3) is 0.267. The van der Waals surface area contributed by atoms with E-state index in [0.717, 1.165) is 24.2 Å².